The summed E-state index contributed by atoms with van der Waals surface area (Å²) in [6.07, 6.45) is 0.549. The van der Waals surface area contributed by atoms with Gasteiger partial charge in [-0.3, -0.25) is 9.59 Å². The molecular formula is C20H20O4. The Morgan fingerprint density at radius 3 is 2.67 bits per heavy atom. The number of benzene rings is 2. The fourth-order valence-corrected chi connectivity index (χ4v) is 3.17. The zero-order chi connectivity index (χ0) is 17.3. The number of carboxylic acids is 1. The van der Waals surface area contributed by atoms with Gasteiger partial charge in [0.1, 0.15) is 12.4 Å². The third-order valence-electron chi connectivity index (χ3n) is 4.20. The highest BCUT2D eigenvalue weighted by Crippen LogP contribution is 2.34. The van der Waals surface area contributed by atoms with Crippen LogP contribution in [-0.2, 0) is 24.2 Å². The highest BCUT2D eigenvalue weighted by atomic mass is 16.5. The maximum absolute atomic E-state index is 13.1. The van der Waals surface area contributed by atoms with Gasteiger partial charge in [0.15, 0.2) is 5.78 Å². The van der Waals surface area contributed by atoms with Crippen LogP contribution in [0.4, 0.5) is 0 Å². The lowest BCUT2D eigenvalue weighted by atomic mass is 9.87. The molecule has 2 aromatic rings. The Kier molecular flexibility index (Phi) is 4.38. The fourth-order valence-electron chi connectivity index (χ4n) is 3.17. The standard InChI is InChI=1S/C20H20O4/c1-12(2)9-16-13(10-18(21)22)7-8-17-19(16)20(23)15-6-4-3-5-14(15)11-24-17/h3-8,12H,9-11H2,1-2H3,(H,21,22). The highest BCUT2D eigenvalue weighted by molar-refractivity contribution is 6.13. The van der Waals surface area contributed by atoms with Crippen molar-refractivity contribution in [2.24, 2.45) is 5.92 Å². The summed E-state index contributed by atoms with van der Waals surface area (Å²) >= 11 is 0. The molecule has 1 heterocycles. The van der Waals surface area contributed by atoms with Crippen LogP contribution in [0.3, 0.4) is 0 Å². The van der Waals surface area contributed by atoms with E-state index in [1.807, 2.05) is 18.2 Å². The number of hydrogen-bond acceptors (Lipinski definition) is 3. The second-order valence-corrected chi connectivity index (χ2v) is 6.52. The molecule has 0 spiro atoms. The van der Waals surface area contributed by atoms with Gasteiger partial charge in [-0.25, -0.2) is 0 Å². The van der Waals surface area contributed by atoms with Gasteiger partial charge < -0.3 is 9.84 Å². The van der Waals surface area contributed by atoms with E-state index in [1.165, 1.54) is 0 Å². The highest BCUT2D eigenvalue weighted by Gasteiger charge is 2.27. The van der Waals surface area contributed by atoms with Gasteiger partial charge in [-0.1, -0.05) is 44.2 Å². The van der Waals surface area contributed by atoms with Gasteiger partial charge in [0.2, 0.25) is 0 Å². The largest absolute Gasteiger partial charge is 0.488 e. The number of carbonyl (C=O) groups is 2. The molecule has 0 aromatic heterocycles. The summed E-state index contributed by atoms with van der Waals surface area (Å²) in [6, 6.07) is 10.9. The molecule has 0 atom stereocenters. The molecule has 4 nitrogen and oxygen atoms in total. The molecule has 1 aliphatic rings. The molecule has 0 aliphatic carbocycles. The molecule has 0 radical (unpaired) electrons. The minimum Gasteiger partial charge on any atom is -0.488 e. The Balaban J connectivity index is 2.20. The maximum atomic E-state index is 13.1. The molecule has 0 unspecified atom stereocenters. The number of fused-ring (bicyclic) bond motifs is 2. The van der Waals surface area contributed by atoms with Gasteiger partial charge in [0.25, 0.3) is 0 Å². The van der Waals surface area contributed by atoms with Gasteiger partial charge >= 0.3 is 5.97 Å². The van der Waals surface area contributed by atoms with Crippen LogP contribution >= 0.6 is 0 Å². The zero-order valence-electron chi connectivity index (χ0n) is 13.8. The Bertz CT molecular complexity index is 805. The number of carboxylic acid groups (broad SMARTS) is 1. The van der Waals surface area contributed by atoms with Crippen LogP contribution < -0.4 is 4.74 Å². The van der Waals surface area contributed by atoms with Crippen molar-refractivity contribution in [1.82, 2.24) is 0 Å². The van der Waals surface area contributed by atoms with Crippen LogP contribution in [-0.4, -0.2) is 16.9 Å². The molecule has 1 aliphatic heterocycles. The summed E-state index contributed by atoms with van der Waals surface area (Å²) < 4.78 is 5.86. The lowest BCUT2D eigenvalue weighted by Crippen LogP contribution is -2.13. The van der Waals surface area contributed by atoms with Gasteiger partial charge in [-0.2, -0.15) is 0 Å². The average Bonchev–Trinajstić information content (AvgIpc) is 2.67. The summed E-state index contributed by atoms with van der Waals surface area (Å²) in [6.45, 7) is 4.45. The van der Waals surface area contributed by atoms with Crippen LogP contribution in [0.1, 0.15) is 46.5 Å². The van der Waals surface area contributed by atoms with E-state index in [4.69, 9.17) is 4.74 Å². The van der Waals surface area contributed by atoms with Gasteiger partial charge in [0, 0.05) is 11.1 Å². The Hall–Kier alpha value is -2.62. The second kappa shape index (κ2) is 6.48. The van der Waals surface area contributed by atoms with Crippen molar-refractivity contribution in [1.29, 1.82) is 0 Å². The Morgan fingerprint density at radius 2 is 1.96 bits per heavy atom. The van der Waals surface area contributed by atoms with E-state index >= 15 is 0 Å². The molecule has 4 heteroatoms. The first kappa shape index (κ1) is 16.2. The van der Waals surface area contributed by atoms with Crippen LogP contribution in [0.25, 0.3) is 0 Å². The third-order valence-corrected chi connectivity index (χ3v) is 4.20. The maximum Gasteiger partial charge on any atom is 0.307 e. The summed E-state index contributed by atoms with van der Waals surface area (Å²) in [4.78, 5) is 24.3. The van der Waals surface area contributed by atoms with Crippen LogP contribution in [0.5, 0.6) is 5.75 Å². The SMILES string of the molecule is CC(C)Cc1c(CC(=O)O)ccc2c1C(=O)c1ccccc1CO2. The van der Waals surface area contributed by atoms with E-state index in [-0.39, 0.29) is 12.2 Å². The number of aliphatic carboxylic acids is 1. The van der Waals surface area contributed by atoms with Gasteiger partial charge in [-0.15, -0.1) is 0 Å². The smallest absolute Gasteiger partial charge is 0.307 e. The first-order valence-corrected chi connectivity index (χ1v) is 8.09. The van der Waals surface area contributed by atoms with Crippen molar-refractivity contribution >= 4 is 11.8 Å². The quantitative estimate of drug-likeness (QED) is 0.932. The first-order chi connectivity index (χ1) is 11.5. The second-order valence-electron chi connectivity index (χ2n) is 6.52. The molecule has 124 valence electrons. The zero-order valence-corrected chi connectivity index (χ0v) is 13.8. The molecule has 24 heavy (non-hydrogen) atoms. The lowest BCUT2D eigenvalue weighted by Gasteiger charge is -2.17. The average molecular weight is 324 g/mol. The van der Waals surface area contributed by atoms with Crippen molar-refractivity contribution in [3.05, 3.63) is 64.2 Å². The topological polar surface area (TPSA) is 63.6 Å². The van der Waals surface area contributed by atoms with Gasteiger partial charge in [0.05, 0.1) is 12.0 Å². The summed E-state index contributed by atoms with van der Waals surface area (Å²) in [5.41, 5.74) is 3.49. The van der Waals surface area contributed by atoms with E-state index in [2.05, 4.69) is 13.8 Å². The van der Waals surface area contributed by atoms with E-state index in [0.717, 1.165) is 11.1 Å². The molecule has 0 saturated carbocycles. The van der Waals surface area contributed by atoms with E-state index in [1.54, 1.807) is 18.2 Å². The molecule has 0 bridgehead atoms. The van der Waals surface area contributed by atoms with E-state index < -0.39 is 5.97 Å². The van der Waals surface area contributed by atoms with Crippen LogP contribution in [0.2, 0.25) is 0 Å². The number of ether oxygens (including phenoxy) is 1. The summed E-state index contributed by atoms with van der Waals surface area (Å²) in [5.74, 6) is -0.139. The normalized spacial score (nSPS) is 13.0. The molecular weight excluding hydrogens is 304 g/mol. The number of carbonyl (C=O) groups excluding carboxylic acids is 1. The minimum atomic E-state index is -0.901. The Labute approximate surface area is 141 Å². The van der Waals surface area contributed by atoms with Crippen molar-refractivity contribution in [3.63, 3.8) is 0 Å². The van der Waals surface area contributed by atoms with E-state index in [0.29, 0.717) is 41.4 Å². The molecule has 0 saturated heterocycles. The predicted molar refractivity (Wildman–Crippen MR) is 90.5 cm³/mol. The molecule has 3 rings (SSSR count). The molecule has 1 N–H and O–H groups in total. The number of hydrogen-bond donors (Lipinski definition) is 1. The third kappa shape index (κ3) is 3.04. The van der Waals surface area contributed by atoms with E-state index in [9.17, 15) is 14.7 Å². The number of rotatable bonds is 4. The van der Waals surface area contributed by atoms with Gasteiger partial charge in [-0.05, 0) is 29.5 Å². The summed E-state index contributed by atoms with van der Waals surface area (Å²) in [5, 5.41) is 9.19. The minimum absolute atomic E-state index is 0.0824. The van der Waals surface area contributed by atoms with Crippen molar-refractivity contribution < 1.29 is 19.4 Å². The first-order valence-electron chi connectivity index (χ1n) is 8.09. The molecule has 2 aromatic carbocycles. The fraction of sp³-hybridized carbons (Fsp3) is 0.300. The van der Waals surface area contributed by atoms with Crippen molar-refractivity contribution in [2.75, 3.05) is 0 Å². The van der Waals surface area contributed by atoms with Crippen molar-refractivity contribution in [2.45, 2.75) is 33.3 Å². The predicted octanol–water partition coefficient (Wildman–Crippen LogP) is 3.64. The lowest BCUT2D eigenvalue weighted by molar-refractivity contribution is -0.136. The number of ketones is 1. The Morgan fingerprint density at radius 1 is 1.21 bits per heavy atom. The van der Waals surface area contributed by atoms with Crippen LogP contribution in [0, 0.1) is 5.92 Å². The van der Waals surface area contributed by atoms with Crippen molar-refractivity contribution in [3.8, 4) is 5.75 Å². The molecule has 0 fully saturated rings. The summed E-state index contributed by atoms with van der Waals surface area (Å²) in [7, 11) is 0. The monoisotopic (exact) mass is 324 g/mol. The van der Waals surface area contributed by atoms with Crippen LogP contribution in [0.15, 0.2) is 36.4 Å². The molecule has 0 amide bonds.